The number of hydrogen-bond donors (Lipinski definition) is 1. The molecule has 3 atom stereocenters. The minimum absolute atomic E-state index is 0.0471. The van der Waals surface area contributed by atoms with Crippen LogP contribution in [-0.2, 0) is 4.79 Å². The van der Waals surface area contributed by atoms with Crippen molar-refractivity contribution >= 4 is 39.9 Å². The van der Waals surface area contributed by atoms with Crippen molar-refractivity contribution in [3.63, 3.8) is 0 Å². The Morgan fingerprint density at radius 3 is 2.55 bits per heavy atom. The number of aromatic nitrogens is 1. The standard InChI is InChI=1S/C24H21ClFN3O2/c1-13(24(31)28-16-5-2-14(25)3-6-16)29-11-19-20(12-29)22(19)23(30)17-8-9-27-21-7-4-15(26)10-18(17)21/h2-10,13,19-20,22H,11-12H2,1H3,(H,28,31). The van der Waals surface area contributed by atoms with Gasteiger partial charge in [0, 0.05) is 46.9 Å². The summed E-state index contributed by atoms with van der Waals surface area (Å²) in [5.41, 5.74) is 1.85. The van der Waals surface area contributed by atoms with Gasteiger partial charge in [-0.3, -0.25) is 19.5 Å². The van der Waals surface area contributed by atoms with Crippen molar-refractivity contribution in [2.24, 2.45) is 17.8 Å². The molecular formula is C24H21ClFN3O2. The lowest BCUT2D eigenvalue weighted by atomic mass is 10.00. The predicted molar refractivity (Wildman–Crippen MR) is 118 cm³/mol. The fourth-order valence-corrected chi connectivity index (χ4v) is 4.85. The van der Waals surface area contributed by atoms with Crippen LogP contribution in [0.3, 0.4) is 0 Å². The normalized spacial score (nSPS) is 23.4. The molecule has 1 N–H and O–H groups in total. The van der Waals surface area contributed by atoms with Crippen LogP contribution in [0.15, 0.2) is 54.7 Å². The van der Waals surface area contributed by atoms with E-state index in [2.05, 4.69) is 15.2 Å². The van der Waals surface area contributed by atoms with Crippen molar-refractivity contribution in [3.05, 3.63) is 71.1 Å². The van der Waals surface area contributed by atoms with Crippen molar-refractivity contribution in [1.82, 2.24) is 9.88 Å². The molecule has 1 saturated carbocycles. The molecule has 1 aromatic heterocycles. The third-order valence-electron chi connectivity index (χ3n) is 6.53. The van der Waals surface area contributed by atoms with Crippen LogP contribution in [0, 0.1) is 23.6 Å². The summed E-state index contributed by atoms with van der Waals surface area (Å²) in [4.78, 5) is 32.1. The smallest absolute Gasteiger partial charge is 0.241 e. The van der Waals surface area contributed by atoms with Crippen molar-refractivity contribution in [3.8, 4) is 0 Å². The van der Waals surface area contributed by atoms with E-state index in [9.17, 15) is 14.0 Å². The molecule has 1 amide bonds. The summed E-state index contributed by atoms with van der Waals surface area (Å²) in [6.45, 7) is 3.29. The summed E-state index contributed by atoms with van der Waals surface area (Å²) in [6, 6.07) is 12.7. The average Bonchev–Trinajstić information content (AvgIpc) is 3.26. The van der Waals surface area contributed by atoms with Gasteiger partial charge in [0.1, 0.15) is 5.82 Å². The van der Waals surface area contributed by atoms with Crippen LogP contribution in [0.1, 0.15) is 17.3 Å². The molecule has 0 bridgehead atoms. The molecule has 5 nitrogen and oxygen atoms in total. The highest BCUT2D eigenvalue weighted by atomic mass is 35.5. The minimum Gasteiger partial charge on any atom is -0.325 e. The monoisotopic (exact) mass is 437 g/mol. The van der Waals surface area contributed by atoms with Crippen molar-refractivity contribution in [1.29, 1.82) is 0 Å². The van der Waals surface area contributed by atoms with Gasteiger partial charge < -0.3 is 5.32 Å². The van der Waals surface area contributed by atoms with E-state index < -0.39 is 0 Å². The number of Topliss-reactive ketones (excluding diaryl/α,β-unsaturated/α-hetero) is 1. The fourth-order valence-electron chi connectivity index (χ4n) is 4.72. The average molecular weight is 438 g/mol. The second kappa shape index (κ2) is 7.70. The third-order valence-corrected chi connectivity index (χ3v) is 6.78. The topological polar surface area (TPSA) is 62.3 Å². The van der Waals surface area contributed by atoms with E-state index in [1.807, 2.05) is 6.92 Å². The summed E-state index contributed by atoms with van der Waals surface area (Å²) in [6.07, 6.45) is 1.60. The van der Waals surface area contributed by atoms with E-state index >= 15 is 0 Å². The van der Waals surface area contributed by atoms with Crippen LogP contribution in [-0.4, -0.2) is 40.7 Å². The molecule has 2 heterocycles. The quantitative estimate of drug-likeness (QED) is 0.600. The number of nitrogens with one attached hydrogen (secondary N) is 1. The van der Waals surface area contributed by atoms with E-state index in [0.717, 1.165) is 0 Å². The molecule has 7 heteroatoms. The second-order valence-electron chi connectivity index (χ2n) is 8.36. The zero-order chi connectivity index (χ0) is 21.7. The van der Waals surface area contributed by atoms with Gasteiger partial charge in [-0.15, -0.1) is 0 Å². The van der Waals surface area contributed by atoms with Crippen LogP contribution in [0.2, 0.25) is 5.02 Å². The van der Waals surface area contributed by atoms with Crippen molar-refractivity contribution < 1.29 is 14.0 Å². The summed E-state index contributed by atoms with van der Waals surface area (Å²) < 4.78 is 13.7. The maximum Gasteiger partial charge on any atom is 0.241 e. The highest BCUT2D eigenvalue weighted by Crippen LogP contribution is 2.53. The molecule has 31 heavy (non-hydrogen) atoms. The number of benzene rings is 2. The van der Waals surface area contributed by atoms with Gasteiger partial charge in [0.25, 0.3) is 0 Å². The number of nitrogens with zero attached hydrogens (tertiary/aromatic N) is 2. The van der Waals surface area contributed by atoms with Gasteiger partial charge in [0.05, 0.1) is 11.6 Å². The van der Waals surface area contributed by atoms with Crippen LogP contribution in [0.4, 0.5) is 10.1 Å². The molecule has 158 valence electrons. The van der Waals surface area contributed by atoms with Gasteiger partial charge >= 0.3 is 0 Å². The molecule has 2 aromatic carbocycles. The van der Waals surface area contributed by atoms with E-state index in [4.69, 9.17) is 11.6 Å². The van der Waals surface area contributed by atoms with Crippen LogP contribution in [0.5, 0.6) is 0 Å². The Bertz CT molecular complexity index is 1170. The summed E-state index contributed by atoms with van der Waals surface area (Å²) >= 11 is 5.89. The molecule has 0 radical (unpaired) electrons. The van der Waals surface area contributed by atoms with Gasteiger partial charge in [-0.1, -0.05) is 11.6 Å². The number of fused-ring (bicyclic) bond motifs is 2. The highest BCUT2D eigenvalue weighted by Gasteiger charge is 2.60. The predicted octanol–water partition coefficient (Wildman–Crippen LogP) is 4.42. The Balaban J connectivity index is 1.24. The first-order valence-corrected chi connectivity index (χ1v) is 10.7. The number of anilines is 1. The fraction of sp³-hybridized carbons (Fsp3) is 0.292. The summed E-state index contributed by atoms with van der Waals surface area (Å²) in [5, 5.41) is 4.09. The number of carbonyl (C=O) groups excluding carboxylic acids is 2. The molecule has 5 rings (SSSR count). The van der Waals surface area contributed by atoms with Crippen molar-refractivity contribution in [2.45, 2.75) is 13.0 Å². The molecule has 1 saturated heterocycles. The lowest BCUT2D eigenvalue weighted by Crippen LogP contribution is -2.42. The number of piperidine rings is 1. The number of ketones is 1. The Morgan fingerprint density at radius 1 is 1.13 bits per heavy atom. The van der Waals surface area contributed by atoms with Crippen LogP contribution < -0.4 is 5.32 Å². The lowest BCUT2D eigenvalue weighted by molar-refractivity contribution is -0.120. The molecule has 1 aliphatic heterocycles. The number of hydrogen-bond acceptors (Lipinski definition) is 4. The van der Waals surface area contributed by atoms with Gasteiger partial charge in [0.15, 0.2) is 5.78 Å². The van der Waals surface area contributed by atoms with Gasteiger partial charge in [-0.25, -0.2) is 4.39 Å². The maximum absolute atomic E-state index is 13.7. The first-order valence-electron chi connectivity index (χ1n) is 10.3. The number of pyridine rings is 1. The van der Waals surface area contributed by atoms with Gasteiger partial charge in [-0.05, 0) is 67.3 Å². The summed E-state index contributed by atoms with van der Waals surface area (Å²) in [5.74, 6) is -0.0213. The lowest BCUT2D eigenvalue weighted by Gasteiger charge is -2.25. The SMILES string of the molecule is CC(C(=O)Nc1ccc(Cl)cc1)N1CC2C(C1)C2C(=O)c1ccnc2ccc(F)cc12. The molecule has 2 aliphatic rings. The Labute approximate surface area is 184 Å². The van der Waals surface area contributed by atoms with E-state index in [-0.39, 0.29) is 41.3 Å². The van der Waals surface area contributed by atoms with Gasteiger partial charge in [-0.2, -0.15) is 0 Å². The highest BCUT2D eigenvalue weighted by molar-refractivity contribution is 6.30. The molecular weight excluding hydrogens is 417 g/mol. The third kappa shape index (κ3) is 3.70. The zero-order valence-corrected chi connectivity index (χ0v) is 17.6. The van der Waals surface area contributed by atoms with E-state index in [1.165, 1.54) is 12.1 Å². The first kappa shape index (κ1) is 20.1. The molecule has 2 fully saturated rings. The van der Waals surface area contributed by atoms with Crippen LogP contribution in [0.25, 0.3) is 10.9 Å². The minimum atomic E-state index is -0.378. The Hall–Kier alpha value is -2.83. The first-order chi connectivity index (χ1) is 14.9. The summed E-state index contributed by atoms with van der Waals surface area (Å²) in [7, 11) is 0. The zero-order valence-electron chi connectivity index (χ0n) is 16.9. The molecule has 3 unspecified atom stereocenters. The number of amides is 1. The van der Waals surface area contributed by atoms with E-state index in [1.54, 1.807) is 42.6 Å². The molecule has 3 aromatic rings. The van der Waals surface area contributed by atoms with E-state index in [0.29, 0.717) is 40.3 Å². The Kier molecular flexibility index (Phi) is 4.99. The largest absolute Gasteiger partial charge is 0.325 e. The second-order valence-corrected chi connectivity index (χ2v) is 8.80. The van der Waals surface area contributed by atoms with Crippen molar-refractivity contribution in [2.75, 3.05) is 18.4 Å². The molecule has 0 spiro atoms. The number of rotatable bonds is 5. The number of halogens is 2. The maximum atomic E-state index is 13.7. The Morgan fingerprint density at radius 2 is 1.84 bits per heavy atom. The number of likely N-dealkylation sites (tertiary alicyclic amines) is 1. The van der Waals surface area contributed by atoms with Crippen LogP contribution >= 0.6 is 11.6 Å². The molecule has 1 aliphatic carbocycles. The number of carbonyl (C=O) groups is 2. The van der Waals surface area contributed by atoms with Gasteiger partial charge in [0.2, 0.25) is 5.91 Å².